The van der Waals surface area contributed by atoms with Crippen LogP contribution in [0.3, 0.4) is 0 Å². The zero-order valence-electron chi connectivity index (χ0n) is 30.0. The Balaban J connectivity index is 0.000000840. The molecule has 1 atom stereocenters. The van der Waals surface area contributed by atoms with Crippen LogP contribution in [0.5, 0.6) is 0 Å². The van der Waals surface area contributed by atoms with Gasteiger partial charge in [-0.05, 0) is 88.6 Å². The summed E-state index contributed by atoms with van der Waals surface area (Å²) in [6, 6.07) is 7.79. The van der Waals surface area contributed by atoms with Gasteiger partial charge < -0.3 is 9.72 Å². The van der Waals surface area contributed by atoms with Crippen LogP contribution in [0, 0.1) is 11.3 Å². The molecule has 0 saturated heterocycles. The van der Waals surface area contributed by atoms with E-state index in [9.17, 15) is 4.39 Å². The second-order valence-electron chi connectivity index (χ2n) is 11.4. The highest BCUT2D eigenvalue weighted by molar-refractivity contribution is 6.31. The topological polar surface area (TPSA) is 61.2 Å². The maximum Gasteiger partial charge on any atom is 0.158 e. The Morgan fingerprint density at radius 1 is 1.09 bits per heavy atom. The predicted octanol–water partition coefficient (Wildman–Crippen LogP) is 13.1. The summed E-state index contributed by atoms with van der Waals surface area (Å²) in [6.45, 7) is 24.2. The van der Waals surface area contributed by atoms with Crippen molar-refractivity contribution in [3.05, 3.63) is 94.1 Å². The number of aryl methyl sites for hydroxylation is 1. The van der Waals surface area contributed by atoms with Crippen LogP contribution in [0.25, 0.3) is 10.9 Å². The van der Waals surface area contributed by atoms with Crippen LogP contribution in [0.1, 0.15) is 124 Å². The van der Waals surface area contributed by atoms with Crippen molar-refractivity contribution in [1.29, 1.82) is 5.26 Å². The summed E-state index contributed by atoms with van der Waals surface area (Å²) in [5.74, 6) is -0.358. The summed E-state index contributed by atoms with van der Waals surface area (Å²) < 4.78 is 18.0. The van der Waals surface area contributed by atoms with Gasteiger partial charge in [0.1, 0.15) is 6.07 Å². The molecule has 0 fully saturated rings. The Labute approximate surface area is 284 Å². The van der Waals surface area contributed by atoms with E-state index < -0.39 is 5.83 Å². The maximum atomic E-state index is 12.8. The molecule has 0 spiro atoms. The number of fused-ring (bicyclic) bond motifs is 1. The molecule has 254 valence electrons. The molecular weight excluding hydrogens is 593 g/mol. The Kier molecular flexibility index (Phi) is 24.1. The summed E-state index contributed by atoms with van der Waals surface area (Å²) in [6.07, 6.45) is 18.6. The van der Waals surface area contributed by atoms with Crippen LogP contribution < -0.4 is 0 Å². The number of ether oxygens (including phenoxy) is 1. The second-order valence-corrected chi connectivity index (χ2v) is 11.8. The summed E-state index contributed by atoms with van der Waals surface area (Å²) in [5, 5.41) is 10.4. The average Bonchev–Trinajstić information content (AvgIpc) is 3.41. The number of halogens is 2. The Morgan fingerprint density at radius 2 is 1.76 bits per heavy atom. The summed E-state index contributed by atoms with van der Waals surface area (Å²) in [7, 11) is 0. The van der Waals surface area contributed by atoms with E-state index in [1.165, 1.54) is 46.1 Å². The lowest BCUT2D eigenvalue weighted by atomic mass is 9.91. The van der Waals surface area contributed by atoms with Crippen molar-refractivity contribution in [3.8, 4) is 6.07 Å². The standard InChI is InChI=1S/C24H32ClN.C10H13FN2.C6H14O/c1-6-9-11-21-22-16-20(25)14-15-23(22)26-24(21)18(5)19(10-7-2)13-12-17(4)8-3;1-4-5-9(3)13-7-10(11)8(2)6-12;1-3-5-7-6-4-2/h7,10,12-16,18,26H,6,8-9,11H2,1-5H3;7H,2,4-5H2,1,3H3;3-6H2,1-2H3/b10-7-,17-12+,19-13+;10-7+,13-9?;/t18-;;/m0../s1. The third-order valence-corrected chi connectivity index (χ3v) is 7.46. The number of H-pyrrole nitrogens is 1. The van der Waals surface area contributed by atoms with Crippen LogP contribution in [0.4, 0.5) is 4.39 Å². The van der Waals surface area contributed by atoms with Gasteiger partial charge >= 0.3 is 0 Å². The van der Waals surface area contributed by atoms with E-state index in [1.54, 1.807) is 6.07 Å². The first kappa shape index (κ1) is 42.8. The molecule has 0 bridgehead atoms. The first-order valence-corrected chi connectivity index (χ1v) is 17.3. The lowest BCUT2D eigenvalue weighted by molar-refractivity contribution is 0.135. The van der Waals surface area contributed by atoms with Crippen molar-refractivity contribution in [2.45, 2.75) is 120 Å². The molecule has 1 aromatic heterocycles. The number of benzene rings is 1. The highest BCUT2D eigenvalue weighted by Gasteiger charge is 2.18. The zero-order chi connectivity index (χ0) is 34.9. The Bertz CT molecular complexity index is 1370. The molecule has 4 nitrogen and oxygen atoms in total. The van der Waals surface area contributed by atoms with E-state index in [4.69, 9.17) is 21.6 Å². The van der Waals surface area contributed by atoms with Gasteiger partial charge in [-0.3, -0.25) is 4.99 Å². The molecule has 2 rings (SSSR count). The van der Waals surface area contributed by atoms with Crippen molar-refractivity contribution in [2.75, 3.05) is 13.2 Å². The number of nitrogens with one attached hydrogen (secondary N) is 1. The van der Waals surface area contributed by atoms with E-state index in [0.29, 0.717) is 5.92 Å². The van der Waals surface area contributed by atoms with Gasteiger partial charge in [-0.25, -0.2) is 4.39 Å². The highest BCUT2D eigenvalue weighted by atomic mass is 35.5. The fourth-order valence-electron chi connectivity index (χ4n) is 4.41. The second kappa shape index (κ2) is 25.9. The SMILES string of the molecule is C=C(C#N)/C(F)=C\N=C(C)CCC.CCCOCCC.C\C=C/C(=C\C=C(/C)CC)[C@H](C)c1[nH]c2ccc(Cl)cc2c1CCCC. The number of nitrogens with zero attached hydrogens (tertiary/aromatic N) is 2. The number of aromatic amines is 1. The average molecular weight is 652 g/mol. The van der Waals surface area contributed by atoms with Crippen molar-refractivity contribution >= 4 is 28.2 Å². The van der Waals surface area contributed by atoms with Crippen LogP contribution >= 0.6 is 11.6 Å². The molecule has 1 aromatic carbocycles. The number of unbranched alkanes of at least 4 members (excludes halogenated alkanes) is 1. The van der Waals surface area contributed by atoms with Gasteiger partial charge in [-0.1, -0.05) is 102 Å². The summed E-state index contributed by atoms with van der Waals surface area (Å²) in [5.41, 5.74) is 7.31. The maximum absolute atomic E-state index is 12.8. The quantitative estimate of drug-likeness (QED) is 0.0849. The predicted molar refractivity (Wildman–Crippen MR) is 201 cm³/mol. The highest BCUT2D eigenvalue weighted by Crippen LogP contribution is 2.34. The molecular formula is C40H59ClFN3O. The first-order valence-electron chi connectivity index (χ1n) is 16.9. The van der Waals surface area contributed by atoms with E-state index in [1.807, 2.05) is 19.9 Å². The zero-order valence-corrected chi connectivity index (χ0v) is 30.8. The molecule has 2 aromatic rings. The summed E-state index contributed by atoms with van der Waals surface area (Å²) >= 11 is 6.28. The van der Waals surface area contributed by atoms with E-state index >= 15 is 0 Å². The number of rotatable bonds is 16. The van der Waals surface area contributed by atoms with Crippen LogP contribution in [-0.4, -0.2) is 23.9 Å². The molecule has 1 heterocycles. The van der Waals surface area contributed by atoms with Gasteiger partial charge in [0.15, 0.2) is 5.83 Å². The number of hydrogen-bond acceptors (Lipinski definition) is 3. The van der Waals surface area contributed by atoms with Crippen molar-refractivity contribution in [2.24, 2.45) is 4.99 Å². The molecule has 0 aliphatic carbocycles. The number of allylic oxidation sites excluding steroid dienone is 8. The van der Waals surface area contributed by atoms with Crippen molar-refractivity contribution in [3.63, 3.8) is 0 Å². The third-order valence-electron chi connectivity index (χ3n) is 7.22. The summed E-state index contributed by atoms with van der Waals surface area (Å²) in [4.78, 5) is 7.54. The smallest absolute Gasteiger partial charge is 0.158 e. The van der Waals surface area contributed by atoms with Gasteiger partial charge in [-0.2, -0.15) is 5.26 Å². The van der Waals surface area contributed by atoms with Gasteiger partial charge in [-0.15, -0.1) is 0 Å². The van der Waals surface area contributed by atoms with Gasteiger partial charge in [0.05, 0.1) is 11.8 Å². The van der Waals surface area contributed by atoms with Crippen LogP contribution in [0.2, 0.25) is 5.02 Å². The van der Waals surface area contributed by atoms with E-state index in [0.717, 1.165) is 68.7 Å². The van der Waals surface area contributed by atoms with Crippen LogP contribution in [-0.2, 0) is 11.2 Å². The molecule has 0 unspecified atom stereocenters. The molecule has 6 heteroatoms. The number of hydrogen-bond donors (Lipinski definition) is 1. The molecule has 0 aliphatic rings. The fraction of sp³-hybridized carbons (Fsp3) is 0.500. The van der Waals surface area contributed by atoms with Gasteiger partial charge in [0.2, 0.25) is 0 Å². The minimum atomic E-state index is -0.669. The minimum absolute atomic E-state index is 0.187. The lowest BCUT2D eigenvalue weighted by Crippen LogP contribution is -2.01. The van der Waals surface area contributed by atoms with E-state index in [-0.39, 0.29) is 5.57 Å². The Morgan fingerprint density at radius 3 is 2.30 bits per heavy atom. The molecule has 0 aliphatic heterocycles. The van der Waals surface area contributed by atoms with Crippen molar-refractivity contribution < 1.29 is 9.13 Å². The van der Waals surface area contributed by atoms with Crippen LogP contribution in [0.15, 0.2) is 82.8 Å². The molecule has 0 radical (unpaired) electrons. The molecule has 46 heavy (non-hydrogen) atoms. The van der Waals surface area contributed by atoms with Gasteiger partial charge in [0.25, 0.3) is 0 Å². The van der Waals surface area contributed by atoms with E-state index in [2.05, 4.69) is 101 Å². The molecule has 0 saturated carbocycles. The number of nitriles is 1. The number of aliphatic imine (C=N–C) groups is 1. The molecule has 0 amide bonds. The monoisotopic (exact) mass is 651 g/mol. The third kappa shape index (κ3) is 16.9. The van der Waals surface area contributed by atoms with Crippen molar-refractivity contribution in [1.82, 2.24) is 4.98 Å². The lowest BCUT2D eigenvalue weighted by Gasteiger charge is -2.15. The first-order chi connectivity index (χ1) is 22.0. The number of aromatic nitrogens is 1. The van der Waals surface area contributed by atoms with Gasteiger partial charge in [0, 0.05) is 46.5 Å². The fourth-order valence-corrected chi connectivity index (χ4v) is 4.58. The molecule has 1 N–H and O–H groups in total. The Hall–Kier alpha value is -3.20. The normalized spacial score (nSPS) is 13.2. The largest absolute Gasteiger partial charge is 0.381 e. The minimum Gasteiger partial charge on any atom is -0.381 e.